The van der Waals surface area contributed by atoms with E-state index in [1.54, 1.807) is 0 Å². The fourth-order valence-corrected chi connectivity index (χ4v) is 5.98. The van der Waals surface area contributed by atoms with Gasteiger partial charge in [0.05, 0.1) is 11.9 Å². The molecule has 0 N–H and O–H groups in total. The average molecular weight is 689 g/mol. The monoisotopic (exact) mass is 689 g/mol. The summed E-state index contributed by atoms with van der Waals surface area (Å²) in [4.78, 5) is 18.8. The van der Waals surface area contributed by atoms with Gasteiger partial charge in [-0.2, -0.15) is 0 Å². The minimum absolute atomic E-state index is 0.384. The van der Waals surface area contributed by atoms with Gasteiger partial charge >= 0.3 is 0 Å². The minimum atomic E-state index is -1.55. The van der Waals surface area contributed by atoms with Gasteiger partial charge in [-0.25, -0.2) is 0 Å². The molecule has 0 saturated carbocycles. The van der Waals surface area contributed by atoms with Gasteiger partial charge in [0.15, 0.2) is 0 Å². The van der Waals surface area contributed by atoms with Crippen LogP contribution in [0.1, 0.15) is 219 Å². The van der Waals surface area contributed by atoms with Crippen LogP contribution in [0.15, 0.2) is 12.2 Å². The first kappa shape index (κ1) is 49.8. The highest BCUT2D eigenvalue weighted by Gasteiger charge is 1.96. The Morgan fingerprint density at radius 2 is 0.500 bits per heavy atom. The van der Waals surface area contributed by atoms with Crippen molar-refractivity contribution >= 4 is 37.2 Å². The zero-order valence-electron chi connectivity index (χ0n) is 30.8. The van der Waals surface area contributed by atoms with Crippen LogP contribution < -0.4 is 10.2 Å². The molecule has 0 aromatic rings. The summed E-state index contributed by atoms with van der Waals surface area (Å²) in [7, 11) is 0. The Labute approximate surface area is 299 Å². The molecular formula is C40H80O4S2. The van der Waals surface area contributed by atoms with Gasteiger partial charge in [0, 0.05) is 0 Å². The fraction of sp³-hybridized carbons (Fsp3) is 0.900. The van der Waals surface area contributed by atoms with E-state index >= 15 is 0 Å². The minimum Gasteiger partial charge on any atom is -0.545 e. The summed E-state index contributed by atoms with van der Waals surface area (Å²) in [5.41, 5.74) is 0. The maximum absolute atomic E-state index is 9.41. The zero-order valence-corrected chi connectivity index (χ0v) is 32.8. The molecule has 0 saturated heterocycles. The second-order valence-corrected chi connectivity index (χ2v) is 14.1. The van der Waals surface area contributed by atoms with E-state index in [0.717, 1.165) is 0 Å². The fourth-order valence-electron chi connectivity index (χ4n) is 5.48. The quantitative estimate of drug-likeness (QED) is 0.0383. The first-order valence-electron chi connectivity index (χ1n) is 19.8. The molecule has 0 aliphatic carbocycles. The van der Waals surface area contributed by atoms with E-state index in [2.05, 4.69) is 39.1 Å². The third-order valence-electron chi connectivity index (χ3n) is 8.42. The molecule has 46 heavy (non-hydrogen) atoms. The molecule has 0 fully saturated rings. The molecule has 0 aromatic carbocycles. The van der Waals surface area contributed by atoms with Gasteiger partial charge in [0.2, 0.25) is 0 Å². The van der Waals surface area contributed by atoms with Crippen LogP contribution in [0.2, 0.25) is 0 Å². The molecule has 0 radical (unpaired) electrons. The Balaban J connectivity index is -0.000000653. The Kier molecular flexibility index (Phi) is 52.8. The molecule has 0 aliphatic rings. The molecule has 6 heteroatoms. The van der Waals surface area contributed by atoms with E-state index in [4.69, 9.17) is 0 Å². The predicted molar refractivity (Wildman–Crippen MR) is 208 cm³/mol. The van der Waals surface area contributed by atoms with Gasteiger partial charge in [0.25, 0.3) is 0 Å². The average Bonchev–Trinajstić information content (AvgIpc) is 3.04. The van der Waals surface area contributed by atoms with Crippen LogP contribution in [0.4, 0.5) is 0 Å². The Morgan fingerprint density at radius 1 is 0.348 bits per heavy atom. The van der Waals surface area contributed by atoms with Crippen molar-refractivity contribution in [3.63, 3.8) is 0 Å². The molecule has 0 aromatic heterocycles. The number of carbonyl (C=O) groups is 2. The molecule has 0 atom stereocenters. The summed E-state index contributed by atoms with van der Waals surface area (Å²) < 4.78 is 0. The Hall–Kier alpha value is -0.620. The van der Waals surface area contributed by atoms with Crippen LogP contribution >= 0.6 is 0 Å². The van der Waals surface area contributed by atoms with E-state index < -0.39 is 11.9 Å². The standard InChI is InChI=1S/2C18H38S.C4H4O4/c2*1-2-3-4-5-6-7-8-9-10-11-12-13-14-15-16-17-18-19;5-3(6)1-2-4(7)8/h2*19H,2-18H2,1H3;1-2H,(H,5,6)(H,7,8)/b;;2-1+. The number of carbonyl (C=O) groups excluding carboxylic acids is 2. The second kappa shape index (κ2) is 48.8. The molecule has 276 valence electrons. The highest BCUT2D eigenvalue weighted by Crippen LogP contribution is 2.15. The van der Waals surface area contributed by atoms with Crippen molar-refractivity contribution in [3.8, 4) is 0 Å². The molecule has 0 amide bonds. The molecule has 0 heterocycles. The molecule has 0 aliphatic heterocycles. The van der Waals surface area contributed by atoms with E-state index in [-0.39, 0.29) is 0 Å². The van der Waals surface area contributed by atoms with E-state index in [9.17, 15) is 19.8 Å². The number of carboxylic acids is 2. The SMILES string of the molecule is CCCCCCCCCCCCCCCCCC[SH2+].CCCCCCCCCCCCCCCCCC[SH2+].O=C([O-])/C=C/C(=O)[O-]. The van der Waals surface area contributed by atoms with Crippen LogP contribution in [-0.2, 0) is 34.8 Å². The molecule has 0 unspecified atom stereocenters. The van der Waals surface area contributed by atoms with Crippen LogP contribution in [0.5, 0.6) is 0 Å². The van der Waals surface area contributed by atoms with Crippen molar-refractivity contribution in [1.82, 2.24) is 0 Å². The summed E-state index contributed by atoms with van der Waals surface area (Å²) in [5, 5.41) is 18.8. The maximum atomic E-state index is 9.41. The first-order chi connectivity index (χ1) is 22.5. The van der Waals surface area contributed by atoms with Crippen molar-refractivity contribution < 1.29 is 19.8 Å². The van der Waals surface area contributed by atoms with Gasteiger partial charge < -0.3 is 19.8 Å². The third kappa shape index (κ3) is 58.9. The van der Waals surface area contributed by atoms with Gasteiger partial charge in [-0.05, 0) is 63.1 Å². The maximum Gasteiger partial charge on any atom is 0.103 e. The lowest BCUT2D eigenvalue weighted by Gasteiger charge is -2.03. The van der Waals surface area contributed by atoms with Gasteiger partial charge in [-0.15, -0.1) is 0 Å². The van der Waals surface area contributed by atoms with Crippen LogP contribution in [-0.4, -0.2) is 23.4 Å². The van der Waals surface area contributed by atoms with Crippen molar-refractivity contribution in [3.05, 3.63) is 12.2 Å². The molecule has 0 bridgehead atoms. The largest absolute Gasteiger partial charge is 0.545 e. The summed E-state index contributed by atoms with van der Waals surface area (Å²) in [6.07, 6.45) is 47.3. The van der Waals surface area contributed by atoms with Crippen molar-refractivity contribution in [1.29, 1.82) is 0 Å². The smallest absolute Gasteiger partial charge is 0.103 e. The Morgan fingerprint density at radius 3 is 0.630 bits per heavy atom. The number of aliphatic carboxylic acids is 2. The van der Waals surface area contributed by atoms with Crippen molar-refractivity contribution in [2.75, 3.05) is 11.5 Å². The summed E-state index contributed by atoms with van der Waals surface area (Å²) in [5.74, 6) is -0.736. The summed E-state index contributed by atoms with van der Waals surface area (Å²) in [6.45, 7) is 4.59. The Bertz CT molecular complexity index is 516. The number of hydrogen-bond acceptors (Lipinski definition) is 4. The number of unbranched alkanes of at least 4 members (excludes halogenated alkanes) is 30. The third-order valence-corrected chi connectivity index (χ3v) is 9.12. The van der Waals surface area contributed by atoms with Crippen LogP contribution in [0.3, 0.4) is 0 Å². The van der Waals surface area contributed by atoms with E-state index in [1.165, 1.54) is 217 Å². The zero-order chi connectivity index (χ0) is 34.6. The highest BCUT2D eigenvalue weighted by molar-refractivity contribution is 7.58. The second-order valence-electron chi connectivity index (χ2n) is 13.1. The summed E-state index contributed by atoms with van der Waals surface area (Å²) in [6, 6.07) is 0. The summed E-state index contributed by atoms with van der Waals surface area (Å²) >= 11 is 7.07. The van der Waals surface area contributed by atoms with Gasteiger partial charge in [-0.1, -0.05) is 194 Å². The normalized spacial score (nSPS) is 10.8. The van der Waals surface area contributed by atoms with Crippen molar-refractivity contribution in [2.45, 2.75) is 219 Å². The topological polar surface area (TPSA) is 80.3 Å². The van der Waals surface area contributed by atoms with Crippen molar-refractivity contribution in [2.24, 2.45) is 0 Å². The molecule has 0 spiro atoms. The lowest BCUT2D eigenvalue weighted by molar-refractivity contribution is -0.301. The van der Waals surface area contributed by atoms with Crippen LogP contribution in [0, 0.1) is 0 Å². The van der Waals surface area contributed by atoms with Crippen LogP contribution in [0.25, 0.3) is 0 Å². The van der Waals surface area contributed by atoms with E-state index in [1.807, 2.05) is 0 Å². The molecule has 4 nitrogen and oxygen atoms in total. The lowest BCUT2D eigenvalue weighted by atomic mass is 10.0. The molecule has 0 rings (SSSR count). The predicted octanol–water partition coefficient (Wildman–Crippen LogP) is 9.56. The number of carboxylic acid groups (broad SMARTS) is 2. The van der Waals surface area contributed by atoms with Gasteiger partial charge in [0.1, 0.15) is 11.5 Å². The molecular weight excluding hydrogens is 609 g/mol. The number of rotatable bonds is 34. The van der Waals surface area contributed by atoms with Gasteiger partial charge in [-0.3, -0.25) is 0 Å². The highest BCUT2D eigenvalue weighted by atomic mass is 32.1. The number of hydrogen-bond donors (Lipinski definition) is 0. The lowest BCUT2D eigenvalue weighted by Crippen LogP contribution is -2.23. The first-order valence-corrected chi connectivity index (χ1v) is 21.3. The van der Waals surface area contributed by atoms with E-state index in [0.29, 0.717) is 12.2 Å².